The van der Waals surface area contributed by atoms with E-state index in [9.17, 15) is 9.90 Å². The van der Waals surface area contributed by atoms with E-state index >= 15 is 0 Å². The molecule has 1 aliphatic rings. The Morgan fingerprint density at radius 1 is 1.16 bits per heavy atom. The number of hydrogen-bond acceptors (Lipinski definition) is 2. The Labute approximate surface area is 115 Å². The first-order valence-electron chi connectivity index (χ1n) is 5.75. The van der Waals surface area contributed by atoms with Crippen molar-refractivity contribution in [3.63, 3.8) is 0 Å². The Hall–Kier alpha value is -2.26. The zero-order chi connectivity index (χ0) is 13.4. The number of hydrogen-bond donors (Lipinski definition) is 2. The Kier molecular flexibility index (Phi) is 2.76. The zero-order valence-electron chi connectivity index (χ0n) is 9.85. The number of phenolic OH excluding ortho intramolecular Hbond substituents is 1. The van der Waals surface area contributed by atoms with Gasteiger partial charge in [0, 0.05) is 16.2 Å². The van der Waals surface area contributed by atoms with E-state index in [1.165, 1.54) is 0 Å². The van der Waals surface area contributed by atoms with Gasteiger partial charge in [-0.1, -0.05) is 29.8 Å². The molecular weight excluding hydrogens is 262 g/mol. The monoisotopic (exact) mass is 271 g/mol. The van der Waals surface area contributed by atoms with E-state index in [1.54, 1.807) is 36.4 Å². The molecule has 19 heavy (non-hydrogen) atoms. The SMILES string of the molecule is O=C1Nc2cc(Cl)ccc2C1=Cc1cccc(O)c1. The minimum Gasteiger partial charge on any atom is -0.508 e. The van der Waals surface area contributed by atoms with Gasteiger partial charge in [0.25, 0.3) is 5.91 Å². The highest BCUT2D eigenvalue weighted by atomic mass is 35.5. The van der Waals surface area contributed by atoms with Crippen molar-refractivity contribution < 1.29 is 9.90 Å². The summed E-state index contributed by atoms with van der Waals surface area (Å²) in [5.41, 5.74) is 2.87. The van der Waals surface area contributed by atoms with Gasteiger partial charge in [-0.15, -0.1) is 0 Å². The number of anilines is 1. The molecule has 0 aliphatic carbocycles. The van der Waals surface area contributed by atoms with Crippen LogP contribution in [0.1, 0.15) is 11.1 Å². The summed E-state index contributed by atoms with van der Waals surface area (Å²) in [4.78, 5) is 11.9. The first kappa shape index (κ1) is 11.8. The molecule has 0 atom stereocenters. The van der Waals surface area contributed by atoms with Crippen LogP contribution in [0, 0.1) is 0 Å². The second kappa shape index (κ2) is 4.44. The standard InChI is InChI=1S/C15H10ClNO2/c16-10-4-5-12-13(15(19)17-14(12)8-10)7-9-2-1-3-11(18)6-9/h1-8,18H,(H,17,19). The van der Waals surface area contributed by atoms with E-state index in [2.05, 4.69) is 5.32 Å². The highest BCUT2D eigenvalue weighted by Gasteiger charge is 2.23. The molecule has 1 aliphatic heterocycles. The Bertz CT molecular complexity index is 707. The maximum Gasteiger partial charge on any atom is 0.256 e. The molecule has 0 bridgehead atoms. The van der Waals surface area contributed by atoms with E-state index in [0.29, 0.717) is 16.3 Å². The van der Waals surface area contributed by atoms with E-state index in [4.69, 9.17) is 11.6 Å². The molecule has 2 aromatic rings. The van der Waals surface area contributed by atoms with Gasteiger partial charge in [-0.25, -0.2) is 0 Å². The van der Waals surface area contributed by atoms with Crippen LogP contribution in [0.2, 0.25) is 5.02 Å². The number of nitrogens with one attached hydrogen (secondary N) is 1. The minimum absolute atomic E-state index is 0.166. The number of carbonyl (C=O) groups is 1. The number of halogens is 1. The number of fused-ring (bicyclic) bond motifs is 1. The molecule has 0 fully saturated rings. The first-order valence-corrected chi connectivity index (χ1v) is 6.13. The van der Waals surface area contributed by atoms with Crippen molar-refractivity contribution >= 4 is 34.8 Å². The van der Waals surface area contributed by atoms with Crippen LogP contribution in [0.4, 0.5) is 5.69 Å². The second-order valence-electron chi connectivity index (χ2n) is 4.30. The van der Waals surface area contributed by atoms with Gasteiger partial charge in [-0.3, -0.25) is 4.79 Å². The molecule has 0 saturated carbocycles. The predicted octanol–water partition coefficient (Wildman–Crippen LogP) is 3.54. The summed E-state index contributed by atoms with van der Waals surface area (Å²) in [6.45, 7) is 0. The lowest BCUT2D eigenvalue weighted by Crippen LogP contribution is -2.03. The highest BCUT2D eigenvalue weighted by molar-refractivity contribution is 6.36. The molecule has 3 rings (SSSR count). The van der Waals surface area contributed by atoms with Crippen LogP contribution in [0.15, 0.2) is 42.5 Å². The van der Waals surface area contributed by atoms with E-state index in [0.717, 1.165) is 11.1 Å². The molecule has 2 N–H and O–H groups in total. The number of amides is 1. The van der Waals surface area contributed by atoms with Gasteiger partial charge in [0.2, 0.25) is 0 Å². The van der Waals surface area contributed by atoms with Crippen LogP contribution in [-0.2, 0) is 4.79 Å². The maximum absolute atomic E-state index is 11.9. The molecule has 1 heterocycles. The fourth-order valence-electron chi connectivity index (χ4n) is 2.09. The average molecular weight is 272 g/mol. The highest BCUT2D eigenvalue weighted by Crippen LogP contribution is 2.35. The van der Waals surface area contributed by atoms with Crippen LogP contribution >= 0.6 is 11.6 Å². The smallest absolute Gasteiger partial charge is 0.256 e. The normalized spacial score (nSPS) is 15.4. The van der Waals surface area contributed by atoms with E-state index in [1.807, 2.05) is 12.1 Å². The van der Waals surface area contributed by atoms with Crippen molar-refractivity contribution in [2.24, 2.45) is 0 Å². The first-order chi connectivity index (χ1) is 9.13. The van der Waals surface area contributed by atoms with Crippen molar-refractivity contribution in [2.45, 2.75) is 0 Å². The molecule has 1 amide bonds. The summed E-state index contributed by atoms with van der Waals surface area (Å²) in [6.07, 6.45) is 1.74. The van der Waals surface area contributed by atoms with Gasteiger partial charge in [-0.05, 0) is 35.9 Å². The Morgan fingerprint density at radius 2 is 2.00 bits per heavy atom. The van der Waals surface area contributed by atoms with Gasteiger partial charge >= 0.3 is 0 Å². The number of carbonyl (C=O) groups excluding carboxylic acids is 1. The van der Waals surface area contributed by atoms with Crippen LogP contribution in [0.5, 0.6) is 5.75 Å². The van der Waals surface area contributed by atoms with E-state index < -0.39 is 0 Å². The summed E-state index contributed by atoms with van der Waals surface area (Å²) in [7, 11) is 0. The van der Waals surface area contributed by atoms with Crippen molar-refractivity contribution in [2.75, 3.05) is 5.32 Å². The van der Waals surface area contributed by atoms with Crippen molar-refractivity contribution in [3.8, 4) is 5.75 Å². The van der Waals surface area contributed by atoms with Crippen LogP contribution in [0.3, 0.4) is 0 Å². The third kappa shape index (κ3) is 2.20. The number of phenols is 1. The number of rotatable bonds is 1. The second-order valence-corrected chi connectivity index (χ2v) is 4.73. The van der Waals surface area contributed by atoms with Crippen LogP contribution < -0.4 is 5.32 Å². The summed E-state index contributed by atoms with van der Waals surface area (Å²) in [5, 5.41) is 12.8. The molecule has 0 spiro atoms. The van der Waals surface area contributed by atoms with Crippen molar-refractivity contribution in [3.05, 3.63) is 58.6 Å². The molecule has 0 radical (unpaired) electrons. The molecule has 0 unspecified atom stereocenters. The molecule has 2 aromatic carbocycles. The van der Waals surface area contributed by atoms with Crippen LogP contribution in [0.25, 0.3) is 11.6 Å². The molecule has 3 nitrogen and oxygen atoms in total. The molecule has 94 valence electrons. The lowest BCUT2D eigenvalue weighted by Gasteiger charge is -1.99. The van der Waals surface area contributed by atoms with Crippen LogP contribution in [-0.4, -0.2) is 11.0 Å². The third-order valence-corrected chi connectivity index (χ3v) is 3.18. The molecule has 4 heteroatoms. The molecule has 0 aromatic heterocycles. The maximum atomic E-state index is 11.9. The Balaban J connectivity index is 2.09. The lowest BCUT2D eigenvalue weighted by molar-refractivity contribution is -0.110. The van der Waals surface area contributed by atoms with Gasteiger partial charge in [-0.2, -0.15) is 0 Å². The van der Waals surface area contributed by atoms with Crippen molar-refractivity contribution in [1.82, 2.24) is 0 Å². The summed E-state index contributed by atoms with van der Waals surface area (Å²) >= 11 is 5.90. The van der Waals surface area contributed by atoms with Crippen molar-refractivity contribution in [1.29, 1.82) is 0 Å². The zero-order valence-corrected chi connectivity index (χ0v) is 10.6. The molecule has 0 saturated heterocycles. The number of benzene rings is 2. The fourth-order valence-corrected chi connectivity index (χ4v) is 2.26. The fraction of sp³-hybridized carbons (Fsp3) is 0. The number of aromatic hydroxyl groups is 1. The van der Waals surface area contributed by atoms with Gasteiger partial charge in [0.1, 0.15) is 5.75 Å². The summed E-state index contributed by atoms with van der Waals surface area (Å²) in [5.74, 6) is 0.00435. The van der Waals surface area contributed by atoms with Gasteiger partial charge < -0.3 is 10.4 Å². The lowest BCUT2D eigenvalue weighted by atomic mass is 10.0. The quantitative estimate of drug-likeness (QED) is 0.780. The summed E-state index contributed by atoms with van der Waals surface area (Å²) < 4.78 is 0. The Morgan fingerprint density at radius 3 is 2.79 bits per heavy atom. The largest absolute Gasteiger partial charge is 0.508 e. The average Bonchev–Trinajstić information content (AvgIpc) is 2.65. The summed E-state index contributed by atoms with van der Waals surface area (Å²) in [6, 6.07) is 12.0. The third-order valence-electron chi connectivity index (χ3n) is 2.95. The minimum atomic E-state index is -0.166. The van der Waals surface area contributed by atoms with E-state index in [-0.39, 0.29) is 11.7 Å². The topological polar surface area (TPSA) is 49.3 Å². The van der Waals surface area contributed by atoms with Gasteiger partial charge in [0.05, 0.1) is 5.69 Å². The van der Waals surface area contributed by atoms with Gasteiger partial charge in [0.15, 0.2) is 0 Å². The predicted molar refractivity (Wildman–Crippen MR) is 76.1 cm³/mol. The molecular formula is C15H10ClNO2.